The van der Waals surface area contributed by atoms with Crippen molar-refractivity contribution < 1.29 is 18.7 Å². The van der Waals surface area contributed by atoms with Crippen LogP contribution in [0.15, 0.2) is 30.7 Å². The lowest BCUT2D eigenvalue weighted by Crippen LogP contribution is -2.24. The van der Waals surface area contributed by atoms with E-state index in [0.717, 1.165) is 5.69 Å². The first kappa shape index (κ1) is 16.0. The van der Waals surface area contributed by atoms with Crippen LogP contribution in [0.4, 0.5) is 4.39 Å². The molecular weight excluding hydrogens is 289 g/mol. The number of ether oxygens (including phenoxy) is 2. The molecular formula is C15H18FN3O3. The minimum atomic E-state index is -0.503. The van der Waals surface area contributed by atoms with Crippen molar-refractivity contribution in [3.63, 3.8) is 0 Å². The maximum absolute atomic E-state index is 13.3. The molecule has 0 aliphatic heterocycles. The summed E-state index contributed by atoms with van der Waals surface area (Å²) >= 11 is 0. The van der Waals surface area contributed by atoms with E-state index in [-0.39, 0.29) is 11.7 Å². The smallest absolute Gasteiger partial charge is 0.251 e. The van der Waals surface area contributed by atoms with Gasteiger partial charge in [-0.2, -0.15) is 0 Å². The van der Waals surface area contributed by atoms with E-state index in [4.69, 9.17) is 9.47 Å². The highest BCUT2D eigenvalue weighted by atomic mass is 19.1. The number of nitrogens with zero attached hydrogens (tertiary/aromatic N) is 2. The summed E-state index contributed by atoms with van der Waals surface area (Å²) in [6.07, 6.45) is 3.36. The van der Waals surface area contributed by atoms with Crippen molar-refractivity contribution in [1.82, 2.24) is 14.9 Å². The van der Waals surface area contributed by atoms with Gasteiger partial charge in [-0.15, -0.1) is 0 Å². The summed E-state index contributed by atoms with van der Waals surface area (Å²) in [5.41, 5.74) is 1.20. The molecule has 0 fully saturated rings. The zero-order valence-electron chi connectivity index (χ0n) is 12.5. The van der Waals surface area contributed by atoms with Crippen molar-refractivity contribution in [2.45, 2.75) is 13.1 Å². The van der Waals surface area contributed by atoms with E-state index >= 15 is 0 Å². The normalized spacial score (nSPS) is 10.5. The van der Waals surface area contributed by atoms with Gasteiger partial charge in [-0.1, -0.05) is 0 Å². The van der Waals surface area contributed by atoms with Crippen LogP contribution in [-0.2, 0) is 17.8 Å². The Bertz CT molecular complexity index is 643. The zero-order chi connectivity index (χ0) is 15.9. The van der Waals surface area contributed by atoms with E-state index < -0.39 is 5.82 Å². The molecule has 1 N–H and O–H groups in total. The van der Waals surface area contributed by atoms with Gasteiger partial charge in [-0.05, 0) is 18.2 Å². The average molecular weight is 307 g/mol. The van der Waals surface area contributed by atoms with Crippen LogP contribution in [0, 0.1) is 5.82 Å². The zero-order valence-corrected chi connectivity index (χ0v) is 12.5. The topological polar surface area (TPSA) is 65.4 Å². The van der Waals surface area contributed by atoms with Gasteiger partial charge in [-0.3, -0.25) is 4.79 Å². The molecule has 0 aliphatic rings. The quantitative estimate of drug-likeness (QED) is 0.844. The first-order valence-corrected chi connectivity index (χ1v) is 6.75. The van der Waals surface area contributed by atoms with Gasteiger partial charge < -0.3 is 19.4 Å². The number of hydrogen-bond donors (Lipinski definition) is 1. The lowest BCUT2D eigenvalue weighted by atomic mass is 10.2. The lowest BCUT2D eigenvalue weighted by molar-refractivity contribution is 0.0949. The van der Waals surface area contributed by atoms with Crippen LogP contribution in [0.25, 0.3) is 0 Å². The summed E-state index contributed by atoms with van der Waals surface area (Å²) in [6.45, 7) is 1.54. The highest BCUT2D eigenvalue weighted by molar-refractivity contribution is 5.94. The molecule has 0 spiro atoms. The van der Waals surface area contributed by atoms with Gasteiger partial charge in [0, 0.05) is 25.4 Å². The minimum Gasteiger partial charge on any atom is -0.494 e. The van der Waals surface area contributed by atoms with Gasteiger partial charge >= 0.3 is 0 Å². The van der Waals surface area contributed by atoms with Crippen LogP contribution in [-0.4, -0.2) is 36.3 Å². The van der Waals surface area contributed by atoms with Crippen LogP contribution >= 0.6 is 0 Å². The second-order valence-corrected chi connectivity index (χ2v) is 4.60. The van der Waals surface area contributed by atoms with Crippen LogP contribution in [0.1, 0.15) is 16.1 Å². The Morgan fingerprint density at radius 3 is 2.95 bits per heavy atom. The average Bonchev–Trinajstić information content (AvgIpc) is 2.98. The van der Waals surface area contributed by atoms with E-state index in [9.17, 15) is 9.18 Å². The van der Waals surface area contributed by atoms with Crippen molar-refractivity contribution in [2.75, 3.05) is 20.8 Å². The van der Waals surface area contributed by atoms with Gasteiger partial charge in [0.1, 0.15) is 0 Å². The summed E-state index contributed by atoms with van der Waals surface area (Å²) in [7, 11) is 2.98. The molecule has 1 amide bonds. The second-order valence-electron chi connectivity index (χ2n) is 4.60. The second kappa shape index (κ2) is 7.56. The third-order valence-corrected chi connectivity index (χ3v) is 3.18. The molecule has 0 saturated heterocycles. The molecule has 7 heteroatoms. The lowest BCUT2D eigenvalue weighted by Gasteiger charge is -2.10. The third kappa shape index (κ3) is 3.82. The van der Waals surface area contributed by atoms with E-state index in [1.54, 1.807) is 19.6 Å². The summed E-state index contributed by atoms with van der Waals surface area (Å²) < 4.78 is 25.1. The first-order chi connectivity index (χ1) is 10.7. The molecule has 0 radical (unpaired) electrons. The summed E-state index contributed by atoms with van der Waals surface area (Å²) in [5.74, 6) is -0.771. The molecule has 6 nitrogen and oxygen atoms in total. The predicted molar refractivity (Wildman–Crippen MR) is 78.2 cm³/mol. The van der Waals surface area contributed by atoms with Crippen LogP contribution in [0.2, 0.25) is 0 Å². The minimum absolute atomic E-state index is 0.0396. The Morgan fingerprint density at radius 2 is 2.23 bits per heavy atom. The van der Waals surface area contributed by atoms with Crippen molar-refractivity contribution in [3.05, 3.63) is 47.8 Å². The molecule has 0 aliphatic carbocycles. The Kier molecular flexibility index (Phi) is 5.48. The molecule has 1 aromatic carbocycles. The molecule has 22 heavy (non-hydrogen) atoms. The van der Waals surface area contributed by atoms with Crippen LogP contribution < -0.4 is 10.1 Å². The number of methoxy groups -OCH3 is 2. The molecule has 0 saturated carbocycles. The number of benzene rings is 1. The fraction of sp³-hybridized carbons (Fsp3) is 0.333. The SMILES string of the molecule is COCCn1cncc1CNC(=O)c1ccc(F)c(OC)c1. The number of imidazole rings is 1. The number of hydrogen-bond acceptors (Lipinski definition) is 4. The monoisotopic (exact) mass is 307 g/mol. The molecule has 0 atom stereocenters. The number of carbonyl (C=O) groups excluding carboxylic acids is 1. The summed E-state index contributed by atoms with van der Waals surface area (Å²) in [6, 6.07) is 3.99. The highest BCUT2D eigenvalue weighted by Crippen LogP contribution is 2.18. The van der Waals surface area contributed by atoms with E-state index in [0.29, 0.717) is 25.3 Å². The number of nitrogens with one attached hydrogen (secondary N) is 1. The Hall–Kier alpha value is -2.41. The standard InChI is InChI=1S/C15H18FN3O3/c1-21-6-5-19-10-17-8-12(19)9-18-15(20)11-3-4-13(16)14(7-11)22-2/h3-4,7-8,10H,5-6,9H2,1-2H3,(H,18,20). The number of carbonyl (C=O) groups is 1. The van der Waals surface area contributed by atoms with Gasteiger partial charge in [0.15, 0.2) is 11.6 Å². The van der Waals surface area contributed by atoms with Crippen molar-refractivity contribution in [1.29, 1.82) is 0 Å². The van der Waals surface area contributed by atoms with E-state index in [2.05, 4.69) is 10.3 Å². The molecule has 118 valence electrons. The van der Waals surface area contributed by atoms with Crippen molar-refractivity contribution in [2.24, 2.45) is 0 Å². The Labute approximate surface area is 127 Å². The summed E-state index contributed by atoms with van der Waals surface area (Å²) in [4.78, 5) is 16.2. The number of rotatable bonds is 7. The molecule has 2 aromatic rings. The largest absolute Gasteiger partial charge is 0.494 e. The van der Waals surface area contributed by atoms with Crippen molar-refractivity contribution in [3.8, 4) is 5.75 Å². The number of aromatic nitrogens is 2. The molecule has 0 unspecified atom stereocenters. The Morgan fingerprint density at radius 1 is 1.41 bits per heavy atom. The third-order valence-electron chi connectivity index (χ3n) is 3.18. The number of halogens is 1. The predicted octanol–water partition coefficient (Wildman–Crippen LogP) is 1.61. The summed E-state index contributed by atoms with van der Waals surface area (Å²) in [5, 5.41) is 2.77. The fourth-order valence-corrected chi connectivity index (χ4v) is 1.96. The van der Waals surface area contributed by atoms with E-state index in [1.807, 2.05) is 4.57 Å². The van der Waals surface area contributed by atoms with Crippen LogP contribution in [0.5, 0.6) is 5.75 Å². The Balaban J connectivity index is 1.99. The van der Waals surface area contributed by atoms with Gasteiger partial charge in [0.25, 0.3) is 5.91 Å². The number of amides is 1. The maximum atomic E-state index is 13.3. The van der Waals surface area contributed by atoms with Crippen molar-refractivity contribution >= 4 is 5.91 Å². The van der Waals surface area contributed by atoms with E-state index in [1.165, 1.54) is 25.3 Å². The van der Waals surface area contributed by atoms with Gasteiger partial charge in [0.2, 0.25) is 0 Å². The molecule has 2 rings (SSSR count). The molecule has 1 aromatic heterocycles. The van der Waals surface area contributed by atoms with Gasteiger partial charge in [-0.25, -0.2) is 9.37 Å². The maximum Gasteiger partial charge on any atom is 0.251 e. The molecule has 1 heterocycles. The first-order valence-electron chi connectivity index (χ1n) is 6.75. The van der Waals surface area contributed by atoms with Gasteiger partial charge in [0.05, 0.1) is 32.3 Å². The highest BCUT2D eigenvalue weighted by Gasteiger charge is 2.11. The molecule has 0 bridgehead atoms. The van der Waals surface area contributed by atoms with Crippen LogP contribution in [0.3, 0.4) is 0 Å². The fourth-order valence-electron chi connectivity index (χ4n) is 1.96.